The zero-order valence-electron chi connectivity index (χ0n) is 10.3. The molecule has 1 fully saturated rings. The van der Waals surface area contributed by atoms with Crippen LogP contribution in [-0.2, 0) is 11.2 Å². The Hall–Kier alpha value is -1.51. The number of carboxylic acid groups (broad SMARTS) is 1. The Kier molecular flexibility index (Phi) is 3.36. The minimum absolute atomic E-state index is 0.344. The van der Waals surface area contributed by atoms with Crippen molar-refractivity contribution < 1.29 is 14.6 Å². The van der Waals surface area contributed by atoms with Crippen molar-refractivity contribution in [1.29, 1.82) is 0 Å². The van der Waals surface area contributed by atoms with Crippen LogP contribution in [0.25, 0.3) is 0 Å². The highest BCUT2D eigenvalue weighted by Gasteiger charge is 2.25. The van der Waals surface area contributed by atoms with Gasteiger partial charge in [0.2, 0.25) is 0 Å². The van der Waals surface area contributed by atoms with Crippen molar-refractivity contribution in [3.8, 4) is 5.75 Å². The van der Waals surface area contributed by atoms with Crippen molar-refractivity contribution in [3.63, 3.8) is 0 Å². The Labute approximate surface area is 101 Å². The first-order valence-electron chi connectivity index (χ1n) is 6.05. The van der Waals surface area contributed by atoms with Gasteiger partial charge >= 0.3 is 5.97 Å². The van der Waals surface area contributed by atoms with Crippen LogP contribution in [0.2, 0.25) is 0 Å². The molecule has 0 aromatic heterocycles. The molecule has 1 aromatic rings. The van der Waals surface area contributed by atoms with Gasteiger partial charge in [-0.05, 0) is 37.8 Å². The maximum atomic E-state index is 10.9. The van der Waals surface area contributed by atoms with Crippen LogP contribution >= 0.6 is 0 Å². The molecule has 1 N–H and O–H groups in total. The van der Waals surface area contributed by atoms with E-state index in [-0.39, 0.29) is 5.92 Å². The Bertz CT molecular complexity index is 421. The number of benzene rings is 1. The molecular formula is C14H18O3. The molecule has 0 heterocycles. The molecular weight excluding hydrogens is 216 g/mol. The van der Waals surface area contributed by atoms with E-state index in [1.54, 1.807) is 6.92 Å². The summed E-state index contributed by atoms with van der Waals surface area (Å²) in [5, 5.41) is 8.96. The summed E-state index contributed by atoms with van der Waals surface area (Å²) in [6.45, 7) is 3.74. The fourth-order valence-corrected chi connectivity index (χ4v) is 1.77. The molecule has 0 aliphatic heterocycles. The van der Waals surface area contributed by atoms with Crippen molar-refractivity contribution in [2.75, 3.05) is 0 Å². The number of carboxylic acids is 1. The summed E-state index contributed by atoms with van der Waals surface area (Å²) in [5.41, 5.74) is 2.15. The minimum Gasteiger partial charge on any atom is -0.490 e. The standard InChI is InChI=1S/C14H18O3/c1-9-3-6-13(17-12-4-5-12)11(7-9)8-10(2)14(15)16/h3,6-7,10,12H,4-5,8H2,1-2H3,(H,15,16). The van der Waals surface area contributed by atoms with Crippen LogP contribution in [0, 0.1) is 12.8 Å². The highest BCUT2D eigenvalue weighted by molar-refractivity contribution is 5.70. The molecule has 1 atom stereocenters. The number of hydrogen-bond donors (Lipinski definition) is 1. The number of carbonyl (C=O) groups is 1. The van der Waals surface area contributed by atoms with Crippen LogP contribution in [0.15, 0.2) is 18.2 Å². The molecule has 0 bridgehead atoms. The van der Waals surface area contributed by atoms with Crippen LogP contribution in [0.4, 0.5) is 0 Å². The number of aryl methyl sites for hydroxylation is 1. The quantitative estimate of drug-likeness (QED) is 0.852. The van der Waals surface area contributed by atoms with Crippen LogP contribution in [0.3, 0.4) is 0 Å². The average molecular weight is 234 g/mol. The Morgan fingerprint density at radius 1 is 1.53 bits per heavy atom. The first-order valence-corrected chi connectivity index (χ1v) is 6.05. The van der Waals surface area contributed by atoms with Crippen molar-refractivity contribution in [3.05, 3.63) is 29.3 Å². The molecule has 0 radical (unpaired) electrons. The van der Waals surface area contributed by atoms with E-state index < -0.39 is 5.97 Å². The van der Waals surface area contributed by atoms with E-state index >= 15 is 0 Å². The van der Waals surface area contributed by atoms with Gasteiger partial charge < -0.3 is 9.84 Å². The molecule has 3 heteroatoms. The Morgan fingerprint density at radius 2 is 2.24 bits per heavy atom. The molecule has 2 rings (SSSR count). The van der Waals surface area contributed by atoms with Crippen LogP contribution < -0.4 is 4.74 Å². The highest BCUT2D eigenvalue weighted by Crippen LogP contribution is 2.30. The molecule has 1 aliphatic carbocycles. The molecule has 0 saturated heterocycles. The first kappa shape index (κ1) is 12.0. The molecule has 17 heavy (non-hydrogen) atoms. The summed E-state index contributed by atoms with van der Waals surface area (Å²) in [5.74, 6) is -0.284. The van der Waals surface area contributed by atoms with E-state index in [1.807, 2.05) is 25.1 Å². The zero-order valence-corrected chi connectivity index (χ0v) is 10.3. The van der Waals surface area contributed by atoms with E-state index in [0.717, 1.165) is 29.7 Å². The maximum absolute atomic E-state index is 10.9. The molecule has 3 nitrogen and oxygen atoms in total. The van der Waals surface area contributed by atoms with Crippen LogP contribution in [-0.4, -0.2) is 17.2 Å². The van der Waals surface area contributed by atoms with Gasteiger partial charge in [0, 0.05) is 0 Å². The molecule has 1 aliphatic rings. The smallest absolute Gasteiger partial charge is 0.306 e. The molecule has 1 unspecified atom stereocenters. The fourth-order valence-electron chi connectivity index (χ4n) is 1.77. The third kappa shape index (κ3) is 3.22. The van der Waals surface area contributed by atoms with Gasteiger partial charge in [-0.1, -0.05) is 24.6 Å². The van der Waals surface area contributed by atoms with Gasteiger partial charge in [0.15, 0.2) is 0 Å². The Balaban J connectivity index is 2.16. The van der Waals surface area contributed by atoms with Gasteiger partial charge in [-0.2, -0.15) is 0 Å². The van der Waals surface area contributed by atoms with Crippen molar-refractivity contribution in [2.45, 2.75) is 39.2 Å². The lowest BCUT2D eigenvalue weighted by molar-refractivity contribution is -0.141. The largest absolute Gasteiger partial charge is 0.490 e. The van der Waals surface area contributed by atoms with Gasteiger partial charge in [0.05, 0.1) is 12.0 Å². The summed E-state index contributed by atoms with van der Waals surface area (Å²) >= 11 is 0. The number of hydrogen-bond acceptors (Lipinski definition) is 2. The van der Waals surface area contributed by atoms with Gasteiger partial charge in [-0.3, -0.25) is 4.79 Å². The lowest BCUT2D eigenvalue weighted by atomic mass is 9.99. The van der Waals surface area contributed by atoms with Gasteiger partial charge in [-0.25, -0.2) is 0 Å². The monoisotopic (exact) mass is 234 g/mol. The maximum Gasteiger partial charge on any atom is 0.306 e. The van der Waals surface area contributed by atoms with Crippen molar-refractivity contribution in [1.82, 2.24) is 0 Å². The molecule has 92 valence electrons. The van der Waals surface area contributed by atoms with E-state index in [4.69, 9.17) is 9.84 Å². The Morgan fingerprint density at radius 3 is 2.82 bits per heavy atom. The summed E-state index contributed by atoms with van der Waals surface area (Å²) in [4.78, 5) is 10.9. The van der Waals surface area contributed by atoms with Crippen LogP contribution in [0.1, 0.15) is 30.9 Å². The van der Waals surface area contributed by atoms with Crippen LogP contribution in [0.5, 0.6) is 5.75 Å². The zero-order chi connectivity index (χ0) is 12.4. The third-order valence-corrected chi connectivity index (χ3v) is 2.98. The summed E-state index contributed by atoms with van der Waals surface area (Å²) in [6.07, 6.45) is 3.10. The molecule has 1 aromatic carbocycles. The summed E-state index contributed by atoms with van der Waals surface area (Å²) < 4.78 is 5.80. The number of rotatable bonds is 5. The molecule has 0 spiro atoms. The number of aliphatic carboxylic acids is 1. The van der Waals surface area contributed by atoms with E-state index in [0.29, 0.717) is 12.5 Å². The van der Waals surface area contributed by atoms with Gasteiger partial charge in [-0.15, -0.1) is 0 Å². The minimum atomic E-state index is -0.760. The third-order valence-electron chi connectivity index (χ3n) is 2.98. The summed E-state index contributed by atoms with van der Waals surface area (Å²) in [6, 6.07) is 5.99. The molecule has 0 amide bonds. The van der Waals surface area contributed by atoms with Gasteiger partial charge in [0.25, 0.3) is 0 Å². The second kappa shape index (κ2) is 4.78. The average Bonchev–Trinajstić information content (AvgIpc) is 3.05. The second-order valence-electron chi connectivity index (χ2n) is 4.87. The number of ether oxygens (including phenoxy) is 1. The van der Waals surface area contributed by atoms with E-state index in [9.17, 15) is 4.79 Å². The van der Waals surface area contributed by atoms with Crippen molar-refractivity contribution >= 4 is 5.97 Å². The topological polar surface area (TPSA) is 46.5 Å². The van der Waals surface area contributed by atoms with E-state index in [2.05, 4.69) is 0 Å². The van der Waals surface area contributed by atoms with Gasteiger partial charge in [0.1, 0.15) is 5.75 Å². The normalized spacial score (nSPS) is 16.6. The predicted octanol–water partition coefficient (Wildman–Crippen LogP) is 2.80. The van der Waals surface area contributed by atoms with Crippen molar-refractivity contribution in [2.24, 2.45) is 5.92 Å². The molecule has 1 saturated carbocycles. The highest BCUT2D eigenvalue weighted by atomic mass is 16.5. The first-order chi connectivity index (χ1) is 8.06. The SMILES string of the molecule is Cc1ccc(OC2CC2)c(CC(C)C(=O)O)c1. The fraction of sp³-hybridized carbons (Fsp3) is 0.500. The predicted molar refractivity (Wildman–Crippen MR) is 65.3 cm³/mol. The van der Waals surface area contributed by atoms with E-state index in [1.165, 1.54) is 0 Å². The lowest BCUT2D eigenvalue weighted by Gasteiger charge is -2.13. The second-order valence-corrected chi connectivity index (χ2v) is 4.87. The lowest BCUT2D eigenvalue weighted by Crippen LogP contribution is -2.13. The summed E-state index contributed by atoms with van der Waals surface area (Å²) in [7, 11) is 0.